The number of nitro groups is 1. The molecule has 0 atom stereocenters. The third-order valence-corrected chi connectivity index (χ3v) is 4.11. The first-order valence-electron chi connectivity index (χ1n) is 7.31. The quantitative estimate of drug-likeness (QED) is 0.364. The highest BCUT2D eigenvalue weighted by Crippen LogP contribution is 2.40. The molecule has 0 bridgehead atoms. The number of hydrogen-bond donors (Lipinski definition) is 0. The summed E-state index contributed by atoms with van der Waals surface area (Å²) in [5, 5.41) is 13.3. The minimum absolute atomic E-state index is 0.0999. The van der Waals surface area contributed by atoms with Crippen molar-refractivity contribution >= 4 is 27.6 Å². The standard InChI is InChI=1S/C19H13NO3/c1-12-10-11-14(13-6-2-4-8-16(13)20(21)22)18-15-7-3-5-9-17(15)23-19(12)18/h2-11H,1H3. The predicted octanol–water partition coefficient (Wildman–Crippen LogP) is 5.47. The Bertz CT molecular complexity index is 1060. The number of rotatable bonds is 2. The van der Waals surface area contributed by atoms with Crippen molar-refractivity contribution in [2.75, 3.05) is 0 Å². The number of nitro benzene ring substituents is 1. The van der Waals surface area contributed by atoms with Crippen molar-refractivity contribution in [2.24, 2.45) is 0 Å². The Kier molecular flexibility index (Phi) is 2.91. The molecule has 0 saturated carbocycles. The molecule has 4 rings (SSSR count). The van der Waals surface area contributed by atoms with E-state index >= 15 is 0 Å². The van der Waals surface area contributed by atoms with Gasteiger partial charge in [0, 0.05) is 22.4 Å². The van der Waals surface area contributed by atoms with Gasteiger partial charge in [-0.25, -0.2) is 0 Å². The minimum atomic E-state index is -0.344. The monoisotopic (exact) mass is 303 g/mol. The molecule has 0 saturated heterocycles. The molecule has 1 heterocycles. The molecule has 4 aromatic rings. The van der Waals surface area contributed by atoms with Crippen LogP contribution in [0, 0.1) is 17.0 Å². The van der Waals surface area contributed by atoms with Crippen LogP contribution in [0.5, 0.6) is 0 Å². The molecular formula is C19H13NO3. The molecule has 23 heavy (non-hydrogen) atoms. The Morgan fingerprint density at radius 2 is 1.65 bits per heavy atom. The molecule has 0 aliphatic rings. The summed E-state index contributed by atoms with van der Waals surface area (Å²) in [6.07, 6.45) is 0. The predicted molar refractivity (Wildman–Crippen MR) is 90.5 cm³/mol. The lowest BCUT2D eigenvalue weighted by atomic mass is 9.96. The molecule has 112 valence electrons. The van der Waals surface area contributed by atoms with E-state index in [-0.39, 0.29) is 10.6 Å². The summed E-state index contributed by atoms with van der Waals surface area (Å²) < 4.78 is 5.98. The van der Waals surface area contributed by atoms with Gasteiger partial charge in [0.2, 0.25) is 0 Å². The molecule has 0 aliphatic heterocycles. The minimum Gasteiger partial charge on any atom is -0.456 e. The van der Waals surface area contributed by atoms with Gasteiger partial charge in [-0.2, -0.15) is 0 Å². The molecule has 0 amide bonds. The van der Waals surface area contributed by atoms with Crippen LogP contribution < -0.4 is 0 Å². The van der Waals surface area contributed by atoms with Crippen LogP contribution in [-0.4, -0.2) is 4.92 Å². The van der Waals surface area contributed by atoms with Gasteiger partial charge < -0.3 is 4.42 Å². The van der Waals surface area contributed by atoms with Gasteiger partial charge in [-0.1, -0.05) is 42.5 Å². The number of benzene rings is 3. The van der Waals surface area contributed by atoms with Crippen LogP contribution in [0.1, 0.15) is 5.56 Å². The van der Waals surface area contributed by atoms with Gasteiger partial charge >= 0.3 is 0 Å². The van der Waals surface area contributed by atoms with Crippen LogP contribution >= 0.6 is 0 Å². The molecule has 0 radical (unpaired) electrons. The van der Waals surface area contributed by atoms with E-state index in [0.29, 0.717) is 5.56 Å². The maximum atomic E-state index is 11.4. The fraction of sp³-hybridized carbons (Fsp3) is 0.0526. The van der Waals surface area contributed by atoms with Crippen LogP contribution in [0.4, 0.5) is 5.69 Å². The number of fused-ring (bicyclic) bond motifs is 3. The first kappa shape index (κ1) is 13.5. The molecule has 0 aliphatic carbocycles. The smallest absolute Gasteiger partial charge is 0.277 e. The van der Waals surface area contributed by atoms with E-state index in [1.54, 1.807) is 12.1 Å². The summed E-state index contributed by atoms with van der Waals surface area (Å²) in [6, 6.07) is 18.5. The van der Waals surface area contributed by atoms with Crippen molar-refractivity contribution < 1.29 is 9.34 Å². The Balaban J connectivity index is 2.17. The van der Waals surface area contributed by atoms with Crippen molar-refractivity contribution in [3.63, 3.8) is 0 Å². The fourth-order valence-electron chi connectivity index (χ4n) is 3.04. The summed E-state index contributed by atoms with van der Waals surface area (Å²) >= 11 is 0. The summed E-state index contributed by atoms with van der Waals surface area (Å²) in [5.74, 6) is 0. The van der Waals surface area contributed by atoms with E-state index in [0.717, 1.165) is 33.1 Å². The Morgan fingerprint density at radius 3 is 2.48 bits per heavy atom. The van der Waals surface area contributed by atoms with Crippen molar-refractivity contribution in [1.29, 1.82) is 0 Å². The van der Waals surface area contributed by atoms with Gasteiger partial charge in [-0.3, -0.25) is 10.1 Å². The van der Waals surface area contributed by atoms with E-state index in [1.807, 2.05) is 49.4 Å². The number of furan rings is 1. The first-order chi connectivity index (χ1) is 11.2. The average molecular weight is 303 g/mol. The van der Waals surface area contributed by atoms with E-state index < -0.39 is 0 Å². The summed E-state index contributed by atoms with van der Waals surface area (Å²) in [5.41, 5.74) is 4.11. The molecule has 1 aromatic heterocycles. The zero-order chi connectivity index (χ0) is 16.0. The van der Waals surface area contributed by atoms with Crippen LogP contribution in [0.15, 0.2) is 65.1 Å². The topological polar surface area (TPSA) is 56.3 Å². The highest BCUT2D eigenvalue weighted by molar-refractivity contribution is 6.13. The third-order valence-electron chi connectivity index (χ3n) is 4.11. The summed E-state index contributed by atoms with van der Waals surface area (Å²) in [4.78, 5) is 11.0. The second-order valence-corrected chi connectivity index (χ2v) is 5.51. The van der Waals surface area contributed by atoms with Crippen molar-refractivity contribution in [1.82, 2.24) is 0 Å². The summed E-state index contributed by atoms with van der Waals surface area (Å²) in [7, 11) is 0. The van der Waals surface area contributed by atoms with E-state index in [4.69, 9.17) is 4.42 Å². The lowest BCUT2D eigenvalue weighted by molar-refractivity contribution is -0.384. The Labute approximate surface area is 132 Å². The average Bonchev–Trinajstić information content (AvgIpc) is 2.96. The van der Waals surface area contributed by atoms with Crippen LogP contribution in [0.2, 0.25) is 0 Å². The normalized spacial score (nSPS) is 11.2. The Hall–Kier alpha value is -3.14. The van der Waals surface area contributed by atoms with Crippen LogP contribution in [0.25, 0.3) is 33.1 Å². The van der Waals surface area contributed by atoms with Gasteiger partial charge in [-0.15, -0.1) is 0 Å². The maximum Gasteiger partial charge on any atom is 0.277 e. The number of hydrogen-bond acceptors (Lipinski definition) is 3. The van der Waals surface area contributed by atoms with Gasteiger partial charge in [-0.05, 0) is 24.6 Å². The zero-order valence-corrected chi connectivity index (χ0v) is 12.4. The first-order valence-corrected chi connectivity index (χ1v) is 7.31. The Morgan fingerprint density at radius 1 is 0.913 bits per heavy atom. The molecule has 0 spiro atoms. The van der Waals surface area contributed by atoms with Crippen LogP contribution in [0.3, 0.4) is 0 Å². The van der Waals surface area contributed by atoms with Crippen molar-refractivity contribution in [3.8, 4) is 11.1 Å². The SMILES string of the molecule is Cc1ccc(-c2ccccc2[N+](=O)[O-])c2c1oc1ccccc12. The molecular weight excluding hydrogens is 290 g/mol. The van der Waals surface area contributed by atoms with Crippen molar-refractivity contribution in [2.45, 2.75) is 6.92 Å². The molecule has 3 aromatic carbocycles. The second-order valence-electron chi connectivity index (χ2n) is 5.51. The lowest BCUT2D eigenvalue weighted by Crippen LogP contribution is -1.92. The van der Waals surface area contributed by atoms with E-state index in [2.05, 4.69) is 0 Å². The molecule has 0 unspecified atom stereocenters. The van der Waals surface area contributed by atoms with Crippen LogP contribution in [-0.2, 0) is 0 Å². The highest BCUT2D eigenvalue weighted by atomic mass is 16.6. The lowest BCUT2D eigenvalue weighted by Gasteiger charge is -2.06. The van der Waals surface area contributed by atoms with Crippen molar-refractivity contribution in [3.05, 3.63) is 76.3 Å². The fourth-order valence-corrected chi connectivity index (χ4v) is 3.04. The van der Waals surface area contributed by atoms with E-state index in [9.17, 15) is 10.1 Å². The van der Waals surface area contributed by atoms with Gasteiger partial charge in [0.25, 0.3) is 5.69 Å². The van der Waals surface area contributed by atoms with E-state index in [1.165, 1.54) is 6.07 Å². The highest BCUT2D eigenvalue weighted by Gasteiger charge is 2.20. The number of nitrogens with zero attached hydrogens (tertiary/aromatic N) is 1. The number of aryl methyl sites for hydroxylation is 1. The summed E-state index contributed by atoms with van der Waals surface area (Å²) in [6.45, 7) is 1.98. The third kappa shape index (κ3) is 1.99. The van der Waals surface area contributed by atoms with Gasteiger partial charge in [0.05, 0.1) is 10.5 Å². The molecule has 4 heteroatoms. The van der Waals surface area contributed by atoms with Gasteiger partial charge in [0.15, 0.2) is 0 Å². The van der Waals surface area contributed by atoms with Gasteiger partial charge in [0.1, 0.15) is 11.2 Å². The molecule has 0 fully saturated rings. The largest absolute Gasteiger partial charge is 0.456 e. The zero-order valence-electron chi connectivity index (χ0n) is 12.4. The number of para-hydroxylation sites is 2. The molecule has 4 nitrogen and oxygen atoms in total. The maximum absolute atomic E-state index is 11.4. The second kappa shape index (κ2) is 4.95. The molecule has 0 N–H and O–H groups in total.